The molecule has 0 spiro atoms. The Morgan fingerprint density at radius 3 is 2.62 bits per heavy atom. The average molecular weight is 284 g/mol. The molecule has 0 saturated heterocycles. The van der Waals surface area contributed by atoms with Gasteiger partial charge in [-0.25, -0.2) is 4.98 Å². The Bertz CT molecular complexity index is 685. The summed E-state index contributed by atoms with van der Waals surface area (Å²) in [7, 11) is 0. The molecule has 0 bridgehead atoms. The van der Waals surface area contributed by atoms with Gasteiger partial charge in [-0.05, 0) is 50.5 Å². The Labute approximate surface area is 124 Å². The molecule has 1 aliphatic carbocycles. The van der Waals surface area contributed by atoms with Crippen molar-refractivity contribution in [1.82, 2.24) is 9.97 Å². The summed E-state index contributed by atoms with van der Waals surface area (Å²) in [6.45, 7) is 3.88. The molecule has 4 nitrogen and oxygen atoms in total. The Balaban J connectivity index is 1.92. The molecule has 0 radical (unpaired) electrons. The van der Waals surface area contributed by atoms with Crippen molar-refractivity contribution >= 4 is 0 Å². The van der Waals surface area contributed by atoms with Gasteiger partial charge in [0.1, 0.15) is 11.6 Å². The molecule has 1 saturated carbocycles. The molecule has 0 atom stereocenters. The second-order valence-electron chi connectivity index (χ2n) is 5.58. The van der Waals surface area contributed by atoms with E-state index in [-0.39, 0.29) is 5.56 Å². The van der Waals surface area contributed by atoms with Crippen LogP contribution in [0, 0.1) is 6.92 Å². The molecule has 1 heterocycles. The van der Waals surface area contributed by atoms with Gasteiger partial charge in [0.05, 0.1) is 11.8 Å². The van der Waals surface area contributed by atoms with Gasteiger partial charge in [0, 0.05) is 17.5 Å². The summed E-state index contributed by atoms with van der Waals surface area (Å²) in [5.41, 5.74) is 2.33. The van der Waals surface area contributed by atoms with E-state index in [2.05, 4.69) is 16.9 Å². The highest BCUT2D eigenvalue weighted by atomic mass is 16.5. The van der Waals surface area contributed by atoms with Crippen LogP contribution in [0.3, 0.4) is 0 Å². The van der Waals surface area contributed by atoms with Crippen LogP contribution in [0.2, 0.25) is 0 Å². The molecule has 1 fully saturated rings. The number of benzene rings is 1. The number of nitrogens with one attached hydrogen (secondary N) is 1. The lowest BCUT2D eigenvalue weighted by Gasteiger charge is -2.09. The summed E-state index contributed by atoms with van der Waals surface area (Å²) in [4.78, 5) is 19.4. The summed E-state index contributed by atoms with van der Waals surface area (Å²) in [5.74, 6) is 1.64. The Morgan fingerprint density at radius 1 is 1.29 bits per heavy atom. The highest BCUT2D eigenvalue weighted by Crippen LogP contribution is 2.28. The monoisotopic (exact) mass is 284 g/mol. The first-order valence-electron chi connectivity index (χ1n) is 7.54. The van der Waals surface area contributed by atoms with E-state index in [9.17, 15) is 4.79 Å². The third kappa shape index (κ3) is 3.15. The number of hydrogen-bond acceptors (Lipinski definition) is 3. The van der Waals surface area contributed by atoms with Crippen LogP contribution >= 0.6 is 0 Å². The normalized spacial score (nSPS) is 14.2. The maximum Gasteiger partial charge on any atom is 0.254 e. The molecular formula is C17H20N2O2. The van der Waals surface area contributed by atoms with Gasteiger partial charge >= 0.3 is 0 Å². The molecular weight excluding hydrogens is 264 g/mol. The predicted molar refractivity (Wildman–Crippen MR) is 82.7 cm³/mol. The number of nitrogens with zero attached hydrogens (tertiary/aromatic N) is 1. The Hall–Kier alpha value is -2.10. The van der Waals surface area contributed by atoms with Crippen LogP contribution in [0.5, 0.6) is 5.75 Å². The van der Waals surface area contributed by atoms with Crippen molar-refractivity contribution in [3.8, 4) is 17.0 Å². The first-order chi connectivity index (χ1) is 10.2. The Morgan fingerprint density at radius 2 is 2.00 bits per heavy atom. The van der Waals surface area contributed by atoms with Crippen LogP contribution in [0.15, 0.2) is 29.1 Å². The SMILES string of the molecule is CCCc1nc(-c2ccc(OC3CC3)cc2)c(C)c(=O)[nH]1. The van der Waals surface area contributed by atoms with Gasteiger partial charge in [-0.1, -0.05) is 6.92 Å². The highest BCUT2D eigenvalue weighted by molar-refractivity contribution is 5.63. The minimum atomic E-state index is -0.0539. The van der Waals surface area contributed by atoms with Gasteiger partial charge < -0.3 is 9.72 Å². The molecule has 0 aliphatic heterocycles. The topological polar surface area (TPSA) is 55.0 Å². The van der Waals surface area contributed by atoms with Crippen LogP contribution in [0.4, 0.5) is 0 Å². The quantitative estimate of drug-likeness (QED) is 0.917. The van der Waals surface area contributed by atoms with Crippen LogP contribution in [0.1, 0.15) is 37.6 Å². The molecule has 21 heavy (non-hydrogen) atoms. The van der Waals surface area contributed by atoms with Crippen molar-refractivity contribution in [2.75, 3.05) is 0 Å². The molecule has 1 aromatic heterocycles. The second kappa shape index (κ2) is 5.72. The summed E-state index contributed by atoms with van der Waals surface area (Å²) in [5, 5.41) is 0. The zero-order valence-electron chi connectivity index (χ0n) is 12.5. The van der Waals surface area contributed by atoms with Gasteiger partial charge in [-0.2, -0.15) is 0 Å². The van der Waals surface area contributed by atoms with E-state index in [0.29, 0.717) is 11.7 Å². The average Bonchev–Trinajstić information content (AvgIpc) is 3.28. The van der Waals surface area contributed by atoms with Crippen molar-refractivity contribution < 1.29 is 4.74 Å². The number of hydrogen-bond donors (Lipinski definition) is 1. The summed E-state index contributed by atoms with van der Waals surface area (Å²) in [6.07, 6.45) is 4.44. The standard InChI is InChI=1S/C17H20N2O2/c1-3-4-15-18-16(11(2)17(20)19-15)12-5-7-13(8-6-12)21-14-9-10-14/h5-8,14H,3-4,9-10H2,1-2H3,(H,18,19,20). The minimum Gasteiger partial charge on any atom is -0.490 e. The highest BCUT2D eigenvalue weighted by Gasteiger charge is 2.23. The molecule has 110 valence electrons. The van der Waals surface area contributed by atoms with E-state index in [1.165, 1.54) is 0 Å². The van der Waals surface area contributed by atoms with E-state index in [4.69, 9.17) is 4.74 Å². The third-order valence-corrected chi connectivity index (χ3v) is 3.64. The molecule has 1 aliphatic rings. The number of aromatic amines is 1. The fraction of sp³-hybridized carbons (Fsp3) is 0.412. The minimum absolute atomic E-state index is 0.0539. The summed E-state index contributed by atoms with van der Waals surface area (Å²) >= 11 is 0. The number of ether oxygens (including phenoxy) is 1. The van der Waals surface area contributed by atoms with Crippen molar-refractivity contribution in [1.29, 1.82) is 0 Å². The number of rotatable bonds is 5. The van der Waals surface area contributed by atoms with E-state index < -0.39 is 0 Å². The number of aromatic nitrogens is 2. The molecule has 0 unspecified atom stereocenters. The van der Waals surface area contributed by atoms with Crippen molar-refractivity contribution in [3.63, 3.8) is 0 Å². The first kappa shape index (κ1) is 13.9. The zero-order chi connectivity index (χ0) is 14.8. The molecule has 0 amide bonds. The van der Waals surface area contributed by atoms with E-state index >= 15 is 0 Å². The fourth-order valence-corrected chi connectivity index (χ4v) is 2.29. The van der Waals surface area contributed by atoms with Crippen molar-refractivity contribution in [2.24, 2.45) is 0 Å². The van der Waals surface area contributed by atoms with Crippen molar-refractivity contribution in [3.05, 3.63) is 46.0 Å². The Kier molecular flexibility index (Phi) is 3.78. The van der Waals surface area contributed by atoms with Crippen LogP contribution in [0.25, 0.3) is 11.3 Å². The van der Waals surface area contributed by atoms with Gasteiger partial charge in [0.15, 0.2) is 0 Å². The van der Waals surface area contributed by atoms with E-state index in [1.54, 1.807) is 0 Å². The fourth-order valence-electron chi connectivity index (χ4n) is 2.29. The van der Waals surface area contributed by atoms with Crippen LogP contribution < -0.4 is 10.3 Å². The largest absolute Gasteiger partial charge is 0.490 e. The first-order valence-corrected chi connectivity index (χ1v) is 7.54. The van der Waals surface area contributed by atoms with E-state index in [1.807, 2.05) is 31.2 Å². The summed E-state index contributed by atoms with van der Waals surface area (Å²) < 4.78 is 5.74. The lowest BCUT2D eigenvalue weighted by atomic mass is 10.1. The van der Waals surface area contributed by atoms with Crippen molar-refractivity contribution in [2.45, 2.75) is 45.6 Å². The molecule has 2 aromatic rings. The maximum absolute atomic E-state index is 12.0. The number of H-pyrrole nitrogens is 1. The summed E-state index contributed by atoms with van der Waals surface area (Å²) in [6, 6.07) is 7.86. The maximum atomic E-state index is 12.0. The van der Waals surface area contributed by atoms with E-state index in [0.717, 1.165) is 48.5 Å². The number of aryl methyl sites for hydroxylation is 1. The molecule has 1 aromatic carbocycles. The van der Waals surface area contributed by atoms with Gasteiger partial charge in [-0.15, -0.1) is 0 Å². The lowest BCUT2D eigenvalue weighted by Crippen LogP contribution is -2.16. The smallest absolute Gasteiger partial charge is 0.254 e. The molecule has 3 rings (SSSR count). The third-order valence-electron chi connectivity index (χ3n) is 3.64. The van der Waals surface area contributed by atoms with Gasteiger partial charge in [-0.3, -0.25) is 4.79 Å². The molecule has 1 N–H and O–H groups in total. The lowest BCUT2D eigenvalue weighted by molar-refractivity contribution is 0.303. The predicted octanol–water partition coefficient (Wildman–Crippen LogP) is 3.24. The van der Waals surface area contributed by atoms with Crippen LogP contribution in [-0.2, 0) is 6.42 Å². The van der Waals surface area contributed by atoms with Crippen LogP contribution in [-0.4, -0.2) is 16.1 Å². The van der Waals surface area contributed by atoms with Gasteiger partial charge in [0.2, 0.25) is 0 Å². The second-order valence-corrected chi connectivity index (χ2v) is 5.58. The molecule has 4 heteroatoms. The van der Waals surface area contributed by atoms with Gasteiger partial charge in [0.25, 0.3) is 5.56 Å². The zero-order valence-corrected chi connectivity index (χ0v) is 12.5.